The number of hydrogen-bond acceptors (Lipinski definition) is 3. The zero-order valence-corrected chi connectivity index (χ0v) is 9.71. The maximum atomic E-state index is 13.4. The van der Waals surface area contributed by atoms with Crippen molar-refractivity contribution in [3.8, 4) is 5.69 Å². The van der Waals surface area contributed by atoms with Crippen LogP contribution >= 0.6 is 10.7 Å². The quantitative estimate of drug-likeness (QED) is 0.790. The standard InChI is InChI=1S/C9H5ClF2N2O2S/c10-17(15,16)9-3-4-13-14(9)8-5-6(11)1-2-7(8)12/h1-5H. The second kappa shape index (κ2) is 4.08. The third-order valence-corrected chi connectivity index (χ3v) is 3.28. The van der Waals surface area contributed by atoms with Gasteiger partial charge < -0.3 is 0 Å². The van der Waals surface area contributed by atoms with Gasteiger partial charge in [0.15, 0.2) is 5.03 Å². The van der Waals surface area contributed by atoms with Crippen LogP contribution < -0.4 is 0 Å². The van der Waals surface area contributed by atoms with Gasteiger partial charge in [-0.3, -0.25) is 0 Å². The summed E-state index contributed by atoms with van der Waals surface area (Å²) in [4.78, 5) is 0. The molecule has 2 aromatic rings. The van der Waals surface area contributed by atoms with E-state index >= 15 is 0 Å². The Hall–Kier alpha value is -1.47. The first-order valence-corrected chi connectivity index (χ1v) is 6.64. The Bertz CT molecular complexity index is 669. The van der Waals surface area contributed by atoms with Gasteiger partial charge in [-0.05, 0) is 18.2 Å². The molecular weight excluding hydrogens is 274 g/mol. The second-order valence-electron chi connectivity index (χ2n) is 3.11. The van der Waals surface area contributed by atoms with E-state index in [0.29, 0.717) is 0 Å². The number of rotatable bonds is 2. The van der Waals surface area contributed by atoms with E-state index in [-0.39, 0.29) is 5.69 Å². The van der Waals surface area contributed by atoms with Gasteiger partial charge >= 0.3 is 0 Å². The second-order valence-corrected chi connectivity index (χ2v) is 5.63. The molecule has 1 heterocycles. The summed E-state index contributed by atoms with van der Waals surface area (Å²) in [5, 5.41) is 3.17. The van der Waals surface area contributed by atoms with Gasteiger partial charge in [0, 0.05) is 16.7 Å². The minimum atomic E-state index is -4.08. The van der Waals surface area contributed by atoms with Crippen LogP contribution in [0.5, 0.6) is 0 Å². The number of nitrogens with zero attached hydrogens (tertiary/aromatic N) is 2. The Kier molecular flexibility index (Phi) is 2.88. The zero-order chi connectivity index (χ0) is 12.6. The predicted octanol–water partition coefficient (Wildman–Crippen LogP) is 2.08. The lowest BCUT2D eigenvalue weighted by Gasteiger charge is -2.06. The van der Waals surface area contributed by atoms with Gasteiger partial charge in [-0.1, -0.05) is 0 Å². The molecule has 0 amide bonds. The molecule has 4 nitrogen and oxygen atoms in total. The fraction of sp³-hybridized carbons (Fsp3) is 0. The first-order chi connectivity index (χ1) is 7.89. The molecule has 17 heavy (non-hydrogen) atoms. The van der Waals surface area contributed by atoms with Crippen molar-refractivity contribution < 1.29 is 17.2 Å². The largest absolute Gasteiger partial charge is 0.278 e. The summed E-state index contributed by atoms with van der Waals surface area (Å²) in [5.41, 5.74) is -0.325. The lowest BCUT2D eigenvalue weighted by atomic mass is 10.3. The summed E-state index contributed by atoms with van der Waals surface area (Å²) >= 11 is 0. The molecule has 0 unspecified atom stereocenters. The Labute approximate surface area is 99.9 Å². The van der Waals surface area contributed by atoms with Crippen LogP contribution in [0.3, 0.4) is 0 Å². The average Bonchev–Trinajstić information content (AvgIpc) is 2.69. The Morgan fingerprint density at radius 3 is 2.59 bits per heavy atom. The zero-order valence-electron chi connectivity index (χ0n) is 8.14. The average molecular weight is 279 g/mol. The minimum Gasteiger partial charge on any atom is -0.218 e. The van der Waals surface area contributed by atoms with Crippen LogP contribution in [0.2, 0.25) is 0 Å². The first-order valence-electron chi connectivity index (χ1n) is 4.34. The highest BCUT2D eigenvalue weighted by molar-refractivity contribution is 8.13. The number of halogens is 3. The topological polar surface area (TPSA) is 52.0 Å². The highest BCUT2D eigenvalue weighted by Gasteiger charge is 2.19. The maximum Gasteiger partial charge on any atom is 0.278 e. The normalized spacial score (nSPS) is 11.7. The third-order valence-electron chi connectivity index (χ3n) is 1.99. The summed E-state index contributed by atoms with van der Waals surface area (Å²) in [5.74, 6) is -1.52. The molecule has 0 saturated carbocycles. The molecule has 90 valence electrons. The van der Waals surface area contributed by atoms with Crippen molar-refractivity contribution in [1.82, 2.24) is 9.78 Å². The SMILES string of the molecule is O=S(=O)(Cl)c1ccnn1-c1cc(F)ccc1F. The molecule has 0 aliphatic heterocycles. The first kappa shape index (κ1) is 12.0. The van der Waals surface area contributed by atoms with Crippen molar-refractivity contribution in [3.63, 3.8) is 0 Å². The maximum absolute atomic E-state index is 13.4. The number of hydrogen-bond donors (Lipinski definition) is 0. The summed E-state index contributed by atoms with van der Waals surface area (Å²) < 4.78 is 49.5. The lowest BCUT2D eigenvalue weighted by molar-refractivity contribution is 0.573. The molecule has 0 bridgehead atoms. The van der Waals surface area contributed by atoms with E-state index in [9.17, 15) is 17.2 Å². The Morgan fingerprint density at radius 2 is 1.94 bits per heavy atom. The third kappa shape index (κ3) is 2.29. The van der Waals surface area contributed by atoms with Gasteiger partial charge in [0.25, 0.3) is 9.05 Å². The van der Waals surface area contributed by atoms with Crippen molar-refractivity contribution in [2.24, 2.45) is 0 Å². The molecular formula is C9H5ClF2N2O2S. The van der Waals surface area contributed by atoms with Crippen molar-refractivity contribution in [2.75, 3.05) is 0 Å². The van der Waals surface area contributed by atoms with Gasteiger partial charge in [0.1, 0.15) is 17.3 Å². The number of aromatic nitrogens is 2. The molecule has 8 heteroatoms. The van der Waals surface area contributed by atoms with E-state index in [1.54, 1.807) is 0 Å². The Morgan fingerprint density at radius 1 is 1.24 bits per heavy atom. The van der Waals surface area contributed by atoms with E-state index in [1.165, 1.54) is 0 Å². The van der Waals surface area contributed by atoms with E-state index < -0.39 is 25.7 Å². The molecule has 0 fully saturated rings. The molecule has 1 aromatic heterocycles. The smallest absolute Gasteiger partial charge is 0.218 e. The summed E-state index contributed by atoms with van der Waals surface area (Å²) in [6, 6.07) is 3.70. The summed E-state index contributed by atoms with van der Waals surface area (Å²) in [6.45, 7) is 0. The van der Waals surface area contributed by atoms with E-state index in [4.69, 9.17) is 10.7 Å². The van der Waals surface area contributed by atoms with Gasteiger partial charge in [0.2, 0.25) is 0 Å². The van der Waals surface area contributed by atoms with Crippen LogP contribution in [0.4, 0.5) is 8.78 Å². The fourth-order valence-electron chi connectivity index (χ4n) is 1.30. The van der Waals surface area contributed by atoms with Crippen LogP contribution in [0.1, 0.15) is 0 Å². The summed E-state index contributed by atoms with van der Waals surface area (Å²) in [7, 11) is 1.06. The molecule has 0 spiro atoms. The van der Waals surface area contributed by atoms with Crippen molar-refractivity contribution >= 4 is 19.7 Å². The van der Waals surface area contributed by atoms with Crippen LogP contribution in [-0.4, -0.2) is 18.2 Å². The fourth-order valence-corrected chi connectivity index (χ4v) is 2.23. The minimum absolute atomic E-state index is 0.325. The monoisotopic (exact) mass is 278 g/mol. The summed E-state index contributed by atoms with van der Waals surface area (Å²) in [6.07, 6.45) is 1.12. The predicted molar refractivity (Wildman–Crippen MR) is 56.5 cm³/mol. The van der Waals surface area contributed by atoms with Crippen molar-refractivity contribution in [2.45, 2.75) is 5.03 Å². The van der Waals surface area contributed by atoms with Gasteiger partial charge in [-0.2, -0.15) is 5.10 Å². The van der Waals surface area contributed by atoms with Gasteiger partial charge in [-0.15, -0.1) is 0 Å². The van der Waals surface area contributed by atoms with Gasteiger partial charge in [-0.25, -0.2) is 21.9 Å². The molecule has 2 rings (SSSR count). The van der Waals surface area contributed by atoms with E-state index in [2.05, 4.69) is 5.10 Å². The highest BCUT2D eigenvalue weighted by atomic mass is 35.7. The molecule has 0 radical (unpaired) electrons. The van der Waals surface area contributed by atoms with Crippen molar-refractivity contribution in [3.05, 3.63) is 42.1 Å². The van der Waals surface area contributed by atoms with Crippen LogP contribution in [0.25, 0.3) is 5.69 Å². The van der Waals surface area contributed by atoms with Crippen LogP contribution in [-0.2, 0) is 9.05 Å². The highest BCUT2D eigenvalue weighted by Crippen LogP contribution is 2.21. The molecule has 0 saturated heterocycles. The van der Waals surface area contributed by atoms with Crippen LogP contribution in [0, 0.1) is 11.6 Å². The molecule has 0 aliphatic carbocycles. The van der Waals surface area contributed by atoms with Crippen molar-refractivity contribution in [1.29, 1.82) is 0 Å². The molecule has 1 aromatic carbocycles. The lowest BCUT2D eigenvalue weighted by Crippen LogP contribution is -2.07. The molecule has 0 N–H and O–H groups in total. The Balaban J connectivity index is 2.70. The molecule has 0 aliphatic rings. The number of benzene rings is 1. The van der Waals surface area contributed by atoms with Crippen LogP contribution in [0.15, 0.2) is 35.5 Å². The molecule has 0 atom stereocenters. The van der Waals surface area contributed by atoms with E-state index in [0.717, 1.165) is 35.1 Å². The van der Waals surface area contributed by atoms with Gasteiger partial charge in [0.05, 0.1) is 6.20 Å². The van der Waals surface area contributed by atoms with E-state index in [1.807, 2.05) is 0 Å².